The average molecular weight is 404 g/mol. The standard InChI is InChI=1S/C23H17FN2O2S/c1-14-20-21(27)17(11-25)13-26(12-16-5-3-4-6-19(16)24)23(20)29-22(14)15-7-9-18(28-2)10-8-15/h3-10,13H,12H2,1-2H3. The molecule has 29 heavy (non-hydrogen) atoms. The zero-order chi connectivity index (χ0) is 20.5. The topological polar surface area (TPSA) is 55.0 Å². The molecule has 4 aromatic rings. The SMILES string of the molecule is COc1ccc(-c2sc3c(c2C)c(=O)c(C#N)cn3Cc2ccccc2F)cc1. The second kappa shape index (κ2) is 7.53. The summed E-state index contributed by atoms with van der Waals surface area (Å²) in [6, 6.07) is 16.1. The van der Waals surface area contributed by atoms with Gasteiger partial charge in [0.25, 0.3) is 0 Å². The third-order valence-electron chi connectivity index (χ3n) is 4.92. The Morgan fingerprint density at radius 2 is 1.90 bits per heavy atom. The molecule has 0 saturated carbocycles. The number of methoxy groups -OCH3 is 1. The quantitative estimate of drug-likeness (QED) is 0.475. The molecule has 0 bridgehead atoms. The fourth-order valence-corrected chi connectivity index (χ4v) is 4.69. The van der Waals surface area contributed by atoms with Gasteiger partial charge in [-0.25, -0.2) is 4.39 Å². The molecule has 2 aromatic heterocycles. The number of aromatic nitrogens is 1. The predicted molar refractivity (Wildman–Crippen MR) is 113 cm³/mol. The first-order valence-electron chi connectivity index (χ1n) is 8.98. The van der Waals surface area contributed by atoms with Crippen molar-refractivity contribution in [2.45, 2.75) is 13.5 Å². The normalized spacial score (nSPS) is 10.8. The van der Waals surface area contributed by atoms with E-state index in [2.05, 4.69) is 0 Å². The van der Waals surface area contributed by atoms with Gasteiger partial charge >= 0.3 is 0 Å². The number of hydrogen-bond acceptors (Lipinski definition) is 4. The van der Waals surface area contributed by atoms with E-state index in [1.165, 1.54) is 23.6 Å². The van der Waals surface area contributed by atoms with Crippen LogP contribution in [-0.2, 0) is 6.54 Å². The maximum absolute atomic E-state index is 14.2. The molecule has 0 saturated heterocycles. The lowest BCUT2D eigenvalue weighted by Crippen LogP contribution is -2.13. The van der Waals surface area contributed by atoms with E-state index < -0.39 is 0 Å². The lowest BCUT2D eigenvalue weighted by Gasteiger charge is -2.10. The highest BCUT2D eigenvalue weighted by atomic mass is 32.1. The first-order valence-corrected chi connectivity index (χ1v) is 9.79. The van der Waals surface area contributed by atoms with Gasteiger partial charge in [0.1, 0.15) is 28.0 Å². The van der Waals surface area contributed by atoms with Gasteiger partial charge in [0.15, 0.2) is 0 Å². The number of aryl methyl sites for hydroxylation is 1. The summed E-state index contributed by atoms with van der Waals surface area (Å²) in [7, 11) is 1.61. The van der Waals surface area contributed by atoms with Crippen molar-refractivity contribution < 1.29 is 9.13 Å². The van der Waals surface area contributed by atoms with Crippen LogP contribution in [0, 0.1) is 24.1 Å². The van der Waals surface area contributed by atoms with Gasteiger partial charge in [-0.05, 0) is 48.4 Å². The summed E-state index contributed by atoms with van der Waals surface area (Å²) in [5.74, 6) is 0.430. The zero-order valence-corrected chi connectivity index (χ0v) is 16.7. The Hall–Kier alpha value is -3.43. The summed E-state index contributed by atoms with van der Waals surface area (Å²) in [6.45, 7) is 2.12. The molecule has 4 rings (SSSR count). The van der Waals surface area contributed by atoms with Crippen LogP contribution >= 0.6 is 11.3 Å². The Morgan fingerprint density at radius 1 is 1.17 bits per heavy atom. The fourth-order valence-electron chi connectivity index (χ4n) is 3.40. The molecule has 0 fully saturated rings. The molecule has 2 aromatic carbocycles. The molecule has 0 aliphatic heterocycles. The molecule has 0 unspecified atom stereocenters. The highest BCUT2D eigenvalue weighted by molar-refractivity contribution is 7.22. The highest BCUT2D eigenvalue weighted by Gasteiger charge is 2.19. The fraction of sp³-hybridized carbons (Fsp3) is 0.130. The van der Waals surface area contributed by atoms with Crippen LogP contribution in [0.1, 0.15) is 16.7 Å². The molecule has 0 radical (unpaired) electrons. The first-order chi connectivity index (χ1) is 14.0. The van der Waals surface area contributed by atoms with Crippen molar-refractivity contribution in [1.82, 2.24) is 4.57 Å². The second-order valence-corrected chi connectivity index (χ2v) is 7.67. The second-order valence-electron chi connectivity index (χ2n) is 6.67. The number of nitriles is 1. The highest BCUT2D eigenvalue weighted by Crippen LogP contribution is 2.37. The molecule has 0 N–H and O–H groups in total. The van der Waals surface area contributed by atoms with Crippen molar-refractivity contribution in [1.29, 1.82) is 5.26 Å². The van der Waals surface area contributed by atoms with Crippen molar-refractivity contribution in [3.63, 3.8) is 0 Å². The van der Waals surface area contributed by atoms with Crippen LogP contribution in [-0.4, -0.2) is 11.7 Å². The minimum atomic E-state index is -0.318. The molecular formula is C23H17FN2O2S. The minimum absolute atomic E-state index is 0.0519. The Labute approximate surface area is 171 Å². The van der Waals surface area contributed by atoms with Gasteiger partial charge in [0.05, 0.1) is 19.0 Å². The number of benzene rings is 2. The van der Waals surface area contributed by atoms with Crippen LogP contribution in [0.3, 0.4) is 0 Å². The average Bonchev–Trinajstić information content (AvgIpc) is 3.09. The largest absolute Gasteiger partial charge is 0.497 e. The number of nitrogens with zero attached hydrogens (tertiary/aromatic N) is 2. The third-order valence-corrected chi connectivity index (χ3v) is 6.29. The number of ether oxygens (including phenoxy) is 1. The van der Waals surface area contributed by atoms with E-state index in [0.717, 1.165) is 26.6 Å². The van der Waals surface area contributed by atoms with Crippen LogP contribution < -0.4 is 10.2 Å². The summed E-state index contributed by atoms with van der Waals surface area (Å²) in [5, 5.41) is 9.96. The van der Waals surface area contributed by atoms with Crippen LogP contribution in [0.5, 0.6) is 5.75 Å². The molecule has 0 aliphatic rings. The molecular weight excluding hydrogens is 387 g/mol. The summed E-state index contributed by atoms with van der Waals surface area (Å²) in [4.78, 5) is 14.5. The van der Waals surface area contributed by atoms with Crippen LogP contribution in [0.25, 0.3) is 20.7 Å². The van der Waals surface area contributed by atoms with Gasteiger partial charge in [-0.1, -0.05) is 18.2 Å². The van der Waals surface area contributed by atoms with Gasteiger partial charge in [-0.15, -0.1) is 11.3 Å². The van der Waals surface area contributed by atoms with Gasteiger partial charge in [0.2, 0.25) is 5.43 Å². The van der Waals surface area contributed by atoms with E-state index in [0.29, 0.717) is 10.9 Å². The Kier molecular flexibility index (Phi) is 4.91. The van der Waals surface area contributed by atoms with E-state index >= 15 is 0 Å². The van der Waals surface area contributed by atoms with Crippen LogP contribution in [0.2, 0.25) is 0 Å². The number of rotatable bonds is 4. The van der Waals surface area contributed by atoms with Crippen LogP contribution in [0.15, 0.2) is 59.5 Å². The lowest BCUT2D eigenvalue weighted by atomic mass is 10.1. The number of thiophene rings is 1. The maximum Gasteiger partial charge on any atom is 0.208 e. The van der Waals surface area contributed by atoms with Crippen LogP contribution in [0.4, 0.5) is 4.39 Å². The minimum Gasteiger partial charge on any atom is -0.497 e. The Balaban J connectivity index is 1.94. The van der Waals surface area contributed by atoms with E-state index in [1.807, 2.05) is 37.3 Å². The monoisotopic (exact) mass is 404 g/mol. The van der Waals surface area contributed by atoms with Gasteiger partial charge in [0, 0.05) is 16.6 Å². The van der Waals surface area contributed by atoms with Crippen molar-refractivity contribution in [3.05, 3.63) is 87.5 Å². The zero-order valence-electron chi connectivity index (χ0n) is 15.9. The molecule has 144 valence electrons. The summed E-state index contributed by atoms with van der Waals surface area (Å²) in [6.07, 6.45) is 1.52. The third kappa shape index (κ3) is 3.30. The van der Waals surface area contributed by atoms with E-state index in [9.17, 15) is 14.4 Å². The van der Waals surface area contributed by atoms with E-state index in [1.54, 1.807) is 29.9 Å². The molecule has 0 aliphatic carbocycles. The first kappa shape index (κ1) is 18.9. The molecule has 0 spiro atoms. The van der Waals surface area contributed by atoms with Crippen molar-refractivity contribution >= 4 is 21.6 Å². The summed E-state index contributed by atoms with van der Waals surface area (Å²) < 4.78 is 21.2. The van der Waals surface area contributed by atoms with Crippen molar-refractivity contribution in [2.75, 3.05) is 7.11 Å². The Bertz CT molecular complexity index is 1310. The molecule has 6 heteroatoms. The van der Waals surface area contributed by atoms with Gasteiger partial charge in [-0.2, -0.15) is 5.26 Å². The molecule has 2 heterocycles. The maximum atomic E-state index is 14.2. The number of halogens is 1. The predicted octanol–water partition coefficient (Wildman–Crippen LogP) is 5.11. The Morgan fingerprint density at radius 3 is 2.55 bits per heavy atom. The summed E-state index contributed by atoms with van der Waals surface area (Å²) >= 11 is 1.47. The number of pyridine rings is 1. The van der Waals surface area contributed by atoms with Gasteiger partial charge in [-0.3, -0.25) is 4.79 Å². The van der Waals surface area contributed by atoms with Crippen molar-refractivity contribution in [2.24, 2.45) is 0 Å². The number of fused-ring (bicyclic) bond motifs is 1. The van der Waals surface area contributed by atoms with E-state index in [4.69, 9.17) is 4.74 Å². The van der Waals surface area contributed by atoms with E-state index in [-0.39, 0.29) is 23.4 Å². The molecule has 0 atom stereocenters. The smallest absolute Gasteiger partial charge is 0.208 e. The lowest BCUT2D eigenvalue weighted by molar-refractivity contribution is 0.415. The molecule has 4 nitrogen and oxygen atoms in total. The van der Waals surface area contributed by atoms with Gasteiger partial charge < -0.3 is 9.30 Å². The molecule has 0 amide bonds. The number of hydrogen-bond donors (Lipinski definition) is 0. The summed E-state index contributed by atoms with van der Waals surface area (Å²) in [5.41, 5.74) is 2.04. The van der Waals surface area contributed by atoms with Crippen molar-refractivity contribution in [3.8, 4) is 22.3 Å².